The Kier molecular flexibility index (Phi) is 3.00. The highest BCUT2D eigenvalue weighted by Crippen LogP contribution is 2.25. The molecular formula is C14H16ClNO. The summed E-state index contributed by atoms with van der Waals surface area (Å²) in [6.07, 6.45) is 0. The van der Waals surface area contributed by atoms with E-state index in [4.69, 9.17) is 11.6 Å². The third-order valence-electron chi connectivity index (χ3n) is 3.24. The minimum absolute atomic E-state index is 0.0901. The summed E-state index contributed by atoms with van der Waals surface area (Å²) in [6.45, 7) is 6.08. The van der Waals surface area contributed by atoms with E-state index in [0.717, 1.165) is 22.0 Å². The molecule has 0 amide bonds. The van der Waals surface area contributed by atoms with Gasteiger partial charge in [0.25, 0.3) is 5.56 Å². The van der Waals surface area contributed by atoms with Crippen molar-refractivity contribution in [3.63, 3.8) is 0 Å². The maximum atomic E-state index is 12.3. The molecule has 0 atom stereocenters. The molecule has 2 rings (SSSR count). The van der Waals surface area contributed by atoms with Crippen LogP contribution in [0.3, 0.4) is 0 Å². The molecule has 0 saturated carbocycles. The average Bonchev–Trinajstić information content (AvgIpc) is 2.26. The summed E-state index contributed by atoms with van der Waals surface area (Å²) < 4.78 is 1.70. The number of hydrogen-bond donors (Lipinski definition) is 0. The second kappa shape index (κ2) is 4.19. The van der Waals surface area contributed by atoms with Crippen LogP contribution < -0.4 is 5.56 Å². The van der Waals surface area contributed by atoms with Crippen molar-refractivity contribution in [2.75, 3.05) is 0 Å². The molecule has 0 aliphatic rings. The van der Waals surface area contributed by atoms with Gasteiger partial charge < -0.3 is 4.57 Å². The average molecular weight is 250 g/mol. The van der Waals surface area contributed by atoms with Crippen LogP contribution in [0.15, 0.2) is 23.0 Å². The van der Waals surface area contributed by atoms with Gasteiger partial charge >= 0.3 is 0 Å². The van der Waals surface area contributed by atoms with Gasteiger partial charge in [-0.25, -0.2) is 0 Å². The van der Waals surface area contributed by atoms with Gasteiger partial charge in [-0.3, -0.25) is 4.79 Å². The quantitative estimate of drug-likeness (QED) is 0.757. The summed E-state index contributed by atoms with van der Waals surface area (Å²) in [5, 5.41) is 1.76. The number of pyridine rings is 1. The molecule has 0 aliphatic carbocycles. The number of benzene rings is 1. The molecule has 0 bridgehead atoms. The Hall–Kier alpha value is -1.28. The van der Waals surface area contributed by atoms with Crippen LogP contribution in [0.25, 0.3) is 10.9 Å². The van der Waals surface area contributed by atoms with Gasteiger partial charge in [0.05, 0.1) is 5.52 Å². The van der Waals surface area contributed by atoms with Gasteiger partial charge in [-0.05, 0) is 36.6 Å². The van der Waals surface area contributed by atoms with E-state index < -0.39 is 0 Å². The molecule has 2 nitrogen and oxygen atoms in total. The molecule has 0 aliphatic heterocycles. The highest BCUT2D eigenvalue weighted by molar-refractivity contribution is 6.31. The smallest absolute Gasteiger partial charge is 0.254 e. The zero-order valence-electron chi connectivity index (χ0n) is 10.5. The van der Waals surface area contributed by atoms with E-state index in [2.05, 4.69) is 0 Å². The van der Waals surface area contributed by atoms with Crippen molar-refractivity contribution in [3.8, 4) is 0 Å². The number of rotatable bonds is 1. The van der Waals surface area contributed by atoms with Gasteiger partial charge in [0.2, 0.25) is 0 Å². The molecule has 2 aromatic rings. The summed E-state index contributed by atoms with van der Waals surface area (Å²) >= 11 is 6.03. The lowest BCUT2D eigenvalue weighted by molar-refractivity contribution is 0.794. The largest absolute Gasteiger partial charge is 0.311 e. The molecule has 0 N–H and O–H groups in total. The fourth-order valence-corrected chi connectivity index (χ4v) is 2.55. The molecule has 0 unspecified atom stereocenters. The summed E-state index contributed by atoms with van der Waals surface area (Å²) in [4.78, 5) is 12.3. The lowest BCUT2D eigenvalue weighted by Gasteiger charge is -2.15. The van der Waals surface area contributed by atoms with Crippen LogP contribution in [0.1, 0.15) is 30.9 Å². The second-order valence-electron chi connectivity index (χ2n) is 4.72. The molecule has 17 heavy (non-hydrogen) atoms. The summed E-state index contributed by atoms with van der Waals surface area (Å²) in [7, 11) is 1.81. The van der Waals surface area contributed by atoms with Crippen LogP contribution in [-0.2, 0) is 7.05 Å². The first-order chi connectivity index (χ1) is 7.93. The summed E-state index contributed by atoms with van der Waals surface area (Å²) in [6, 6.07) is 5.64. The first-order valence-electron chi connectivity index (χ1n) is 5.72. The fraction of sp³-hybridized carbons (Fsp3) is 0.357. The Labute approximate surface area is 106 Å². The standard InChI is InChI=1S/C14H16ClNO/c1-8(2)13-9(3)11-7-10(15)5-6-12(11)16(4)14(13)17/h5-8H,1-4H3. The van der Waals surface area contributed by atoms with Gasteiger partial charge in [0.1, 0.15) is 0 Å². The van der Waals surface area contributed by atoms with E-state index in [1.807, 2.05) is 46.0 Å². The normalized spacial score (nSPS) is 11.4. The minimum Gasteiger partial charge on any atom is -0.311 e. The molecule has 1 aromatic heterocycles. The number of fused-ring (bicyclic) bond motifs is 1. The van der Waals surface area contributed by atoms with Gasteiger partial charge in [-0.2, -0.15) is 0 Å². The van der Waals surface area contributed by atoms with Crippen LogP contribution in [0.5, 0.6) is 0 Å². The lowest BCUT2D eigenvalue weighted by Crippen LogP contribution is -2.23. The van der Waals surface area contributed by atoms with Crippen LogP contribution in [-0.4, -0.2) is 4.57 Å². The van der Waals surface area contributed by atoms with E-state index in [0.29, 0.717) is 5.02 Å². The Morgan fingerprint density at radius 3 is 2.53 bits per heavy atom. The van der Waals surface area contributed by atoms with E-state index in [-0.39, 0.29) is 11.5 Å². The highest BCUT2D eigenvalue weighted by atomic mass is 35.5. The maximum Gasteiger partial charge on any atom is 0.254 e. The molecule has 90 valence electrons. The topological polar surface area (TPSA) is 22.0 Å². The third-order valence-corrected chi connectivity index (χ3v) is 3.48. The SMILES string of the molecule is Cc1c(C(C)C)c(=O)n(C)c2ccc(Cl)cc12. The van der Waals surface area contributed by atoms with Crippen molar-refractivity contribution in [2.45, 2.75) is 26.7 Å². The zero-order valence-corrected chi connectivity index (χ0v) is 11.3. The number of hydrogen-bond acceptors (Lipinski definition) is 1. The van der Waals surface area contributed by atoms with Crippen molar-refractivity contribution in [1.29, 1.82) is 0 Å². The van der Waals surface area contributed by atoms with Crippen LogP contribution in [0.2, 0.25) is 5.02 Å². The van der Waals surface area contributed by atoms with Crippen molar-refractivity contribution >= 4 is 22.5 Å². The van der Waals surface area contributed by atoms with Crippen LogP contribution in [0, 0.1) is 6.92 Å². The molecular weight excluding hydrogens is 234 g/mol. The molecule has 0 radical (unpaired) electrons. The Bertz CT molecular complexity index is 641. The Balaban J connectivity index is 3.01. The van der Waals surface area contributed by atoms with Gasteiger partial charge in [-0.1, -0.05) is 25.4 Å². The number of halogens is 1. The number of aryl methyl sites for hydroxylation is 2. The highest BCUT2D eigenvalue weighted by Gasteiger charge is 2.14. The number of nitrogens with zero attached hydrogens (tertiary/aromatic N) is 1. The molecule has 1 aromatic carbocycles. The Morgan fingerprint density at radius 1 is 1.29 bits per heavy atom. The maximum absolute atomic E-state index is 12.3. The van der Waals surface area contributed by atoms with Crippen molar-refractivity contribution in [2.24, 2.45) is 7.05 Å². The molecule has 0 fully saturated rings. The molecule has 3 heteroatoms. The Morgan fingerprint density at radius 2 is 1.94 bits per heavy atom. The predicted molar refractivity (Wildman–Crippen MR) is 73.0 cm³/mol. The molecule has 0 spiro atoms. The van der Waals surface area contributed by atoms with Crippen molar-refractivity contribution in [1.82, 2.24) is 4.57 Å². The minimum atomic E-state index is 0.0901. The van der Waals surface area contributed by atoms with Crippen LogP contribution in [0.4, 0.5) is 0 Å². The monoisotopic (exact) mass is 249 g/mol. The lowest BCUT2D eigenvalue weighted by atomic mass is 9.96. The van der Waals surface area contributed by atoms with Gasteiger partial charge in [0, 0.05) is 23.0 Å². The van der Waals surface area contributed by atoms with Crippen LogP contribution >= 0.6 is 11.6 Å². The number of aromatic nitrogens is 1. The third kappa shape index (κ3) is 1.87. The first-order valence-corrected chi connectivity index (χ1v) is 6.10. The van der Waals surface area contributed by atoms with Gasteiger partial charge in [0.15, 0.2) is 0 Å². The van der Waals surface area contributed by atoms with E-state index in [9.17, 15) is 4.79 Å². The summed E-state index contributed by atoms with van der Waals surface area (Å²) in [5.74, 6) is 0.220. The molecule has 1 heterocycles. The van der Waals surface area contributed by atoms with Crippen molar-refractivity contribution < 1.29 is 0 Å². The fourth-order valence-electron chi connectivity index (χ4n) is 2.38. The van der Waals surface area contributed by atoms with Gasteiger partial charge in [-0.15, -0.1) is 0 Å². The zero-order chi connectivity index (χ0) is 12.7. The summed E-state index contributed by atoms with van der Waals surface area (Å²) in [5.41, 5.74) is 2.94. The molecule has 0 saturated heterocycles. The predicted octanol–water partition coefficient (Wildman–Crippen LogP) is 3.62. The van der Waals surface area contributed by atoms with E-state index >= 15 is 0 Å². The second-order valence-corrected chi connectivity index (χ2v) is 5.16. The van der Waals surface area contributed by atoms with Crippen molar-refractivity contribution in [3.05, 3.63) is 44.7 Å². The van der Waals surface area contributed by atoms with E-state index in [1.54, 1.807) is 4.57 Å². The van der Waals surface area contributed by atoms with E-state index in [1.165, 1.54) is 0 Å². The first kappa shape index (κ1) is 12.2.